The van der Waals surface area contributed by atoms with Gasteiger partial charge in [0.05, 0.1) is 0 Å². The lowest BCUT2D eigenvalue weighted by Crippen LogP contribution is -2.01. The molecule has 0 atom stereocenters. The summed E-state index contributed by atoms with van der Waals surface area (Å²) in [4.78, 5) is 0. The van der Waals surface area contributed by atoms with E-state index >= 15 is 0 Å². The molecule has 2 rings (SSSR count). The molecule has 1 aromatic rings. The Hall–Kier alpha value is -1.02. The van der Waals surface area contributed by atoms with Crippen LogP contribution >= 0.6 is 0 Å². The summed E-state index contributed by atoms with van der Waals surface area (Å²) in [5, 5.41) is 0. The molecule has 0 aliphatic heterocycles. The molecule has 0 radical (unpaired) electrons. The Morgan fingerprint density at radius 3 is 3.00 bits per heavy atom. The van der Waals surface area contributed by atoms with Gasteiger partial charge in [-0.15, -0.1) is 0 Å². The lowest BCUT2D eigenvalue weighted by atomic mass is 9.94. The van der Waals surface area contributed by atoms with Gasteiger partial charge in [0, 0.05) is 5.56 Å². The lowest BCUT2D eigenvalue weighted by molar-refractivity contribution is 0.564. The Balaban J connectivity index is 2.49. The van der Waals surface area contributed by atoms with Crippen LogP contribution in [0.1, 0.15) is 23.1 Å². The fraction of sp³-hybridized carbons (Fsp3) is 0.273. The van der Waals surface area contributed by atoms with E-state index in [9.17, 15) is 0 Å². The number of rotatable bonds is 1. The van der Waals surface area contributed by atoms with Crippen molar-refractivity contribution in [3.63, 3.8) is 0 Å². The molecule has 68 valence electrons. The van der Waals surface area contributed by atoms with Gasteiger partial charge in [-0.05, 0) is 31.4 Å². The van der Waals surface area contributed by atoms with Crippen LogP contribution in [0.25, 0.3) is 5.76 Å². The SMILES string of the molecule is Cc1ccc2c(c1)CCC=C2O[SiH3]. The molecule has 1 aliphatic carbocycles. The van der Waals surface area contributed by atoms with Crippen LogP contribution in [0.15, 0.2) is 24.3 Å². The molecule has 0 bridgehead atoms. The van der Waals surface area contributed by atoms with E-state index < -0.39 is 0 Å². The molecule has 0 spiro atoms. The molecule has 0 N–H and O–H groups in total. The second-order valence-electron chi connectivity index (χ2n) is 3.47. The molecule has 1 aromatic carbocycles. The van der Waals surface area contributed by atoms with E-state index in [4.69, 9.17) is 4.43 Å². The fourth-order valence-electron chi connectivity index (χ4n) is 1.83. The van der Waals surface area contributed by atoms with Crippen molar-refractivity contribution in [2.24, 2.45) is 0 Å². The topological polar surface area (TPSA) is 9.23 Å². The highest BCUT2D eigenvalue weighted by Crippen LogP contribution is 2.27. The van der Waals surface area contributed by atoms with Gasteiger partial charge in [-0.1, -0.05) is 23.8 Å². The summed E-state index contributed by atoms with van der Waals surface area (Å²) >= 11 is 0. The monoisotopic (exact) mass is 190 g/mol. The first kappa shape index (κ1) is 8.57. The predicted molar refractivity (Wildman–Crippen MR) is 58.5 cm³/mol. The van der Waals surface area contributed by atoms with Crippen LogP contribution in [0.5, 0.6) is 0 Å². The number of benzene rings is 1. The van der Waals surface area contributed by atoms with Crippen molar-refractivity contribution in [1.29, 1.82) is 0 Å². The van der Waals surface area contributed by atoms with Gasteiger partial charge in [-0.25, -0.2) is 0 Å². The maximum Gasteiger partial charge on any atom is 0.204 e. The van der Waals surface area contributed by atoms with Crippen molar-refractivity contribution in [3.05, 3.63) is 41.0 Å². The summed E-state index contributed by atoms with van der Waals surface area (Å²) in [5.41, 5.74) is 4.08. The first-order valence-electron chi connectivity index (χ1n) is 4.65. The minimum Gasteiger partial charge on any atom is -0.553 e. The molecule has 0 heterocycles. The molecule has 13 heavy (non-hydrogen) atoms. The molecular weight excluding hydrogens is 176 g/mol. The van der Waals surface area contributed by atoms with Gasteiger partial charge in [-0.2, -0.15) is 0 Å². The molecule has 2 heteroatoms. The molecule has 0 saturated heterocycles. The maximum atomic E-state index is 5.46. The van der Waals surface area contributed by atoms with E-state index in [1.165, 1.54) is 16.7 Å². The molecule has 0 aromatic heterocycles. The quantitative estimate of drug-likeness (QED) is 0.611. The summed E-state index contributed by atoms with van der Waals surface area (Å²) < 4.78 is 5.46. The summed E-state index contributed by atoms with van der Waals surface area (Å²) in [6, 6.07) is 6.59. The Kier molecular flexibility index (Phi) is 2.23. The van der Waals surface area contributed by atoms with Crippen LogP contribution in [0.4, 0.5) is 0 Å². The average molecular weight is 190 g/mol. The Bertz CT molecular complexity index is 355. The first-order chi connectivity index (χ1) is 6.31. The summed E-state index contributed by atoms with van der Waals surface area (Å²) in [6.45, 7) is 2.14. The molecule has 0 amide bonds. The van der Waals surface area contributed by atoms with Gasteiger partial charge in [0.2, 0.25) is 10.5 Å². The number of hydrogen-bond acceptors (Lipinski definition) is 1. The molecular formula is C11H14OSi. The van der Waals surface area contributed by atoms with Crippen molar-refractivity contribution in [3.8, 4) is 0 Å². The molecule has 0 unspecified atom stereocenters. The van der Waals surface area contributed by atoms with E-state index in [1.54, 1.807) is 0 Å². The van der Waals surface area contributed by atoms with Gasteiger partial charge < -0.3 is 4.43 Å². The van der Waals surface area contributed by atoms with Crippen LogP contribution < -0.4 is 0 Å². The zero-order chi connectivity index (χ0) is 9.26. The minimum absolute atomic E-state index is 0.778. The highest BCUT2D eigenvalue weighted by atomic mass is 28.2. The Morgan fingerprint density at radius 1 is 1.38 bits per heavy atom. The zero-order valence-electron chi connectivity index (χ0n) is 8.13. The van der Waals surface area contributed by atoms with Gasteiger partial charge >= 0.3 is 0 Å². The van der Waals surface area contributed by atoms with Crippen LogP contribution in [-0.2, 0) is 10.8 Å². The number of fused-ring (bicyclic) bond motifs is 1. The third-order valence-corrected chi connectivity index (χ3v) is 2.93. The summed E-state index contributed by atoms with van der Waals surface area (Å²) in [5.74, 6) is 1.09. The number of allylic oxidation sites excluding steroid dienone is 1. The molecule has 0 fully saturated rings. The highest BCUT2D eigenvalue weighted by Gasteiger charge is 2.11. The highest BCUT2D eigenvalue weighted by molar-refractivity contribution is 6.02. The first-order valence-corrected chi connectivity index (χ1v) is 5.47. The normalized spacial score (nSPS) is 15.0. The molecule has 0 saturated carbocycles. The van der Waals surface area contributed by atoms with Crippen molar-refractivity contribution in [1.82, 2.24) is 0 Å². The van der Waals surface area contributed by atoms with Crippen LogP contribution in [0, 0.1) is 6.92 Å². The van der Waals surface area contributed by atoms with E-state index in [0.29, 0.717) is 0 Å². The third kappa shape index (κ3) is 1.54. The third-order valence-electron chi connectivity index (χ3n) is 2.49. The summed E-state index contributed by atoms with van der Waals surface area (Å²) in [7, 11) is 0.778. The fourth-order valence-corrected chi connectivity index (χ4v) is 2.22. The second kappa shape index (κ2) is 3.38. The molecule has 1 nitrogen and oxygen atoms in total. The van der Waals surface area contributed by atoms with E-state index in [-0.39, 0.29) is 0 Å². The standard InChI is InChI=1S/C11H14OSi/c1-8-5-6-10-9(7-8)3-2-4-11(10)12-13/h4-7H,2-3H2,1,13H3. The van der Waals surface area contributed by atoms with E-state index in [2.05, 4.69) is 31.2 Å². The number of aryl methyl sites for hydroxylation is 2. The van der Waals surface area contributed by atoms with E-state index in [1.807, 2.05) is 0 Å². The van der Waals surface area contributed by atoms with Crippen molar-refractivity contribution < 1.29 is 4.43 Å². The van der Waals surface area contributed by atoms with Crippen LogP contribution in [0.3, 0.4) is 0 Å². The van der Waals surface area contributed by atoms with Gasteiger partial charge in [0.15, 0.2) is 0 Å². The zero-order valence-corrected chi connectivity index (χ0v) is 10.1. The maximum absolute atomic E-state index is 5.46. The Labute approximate surface area is 82.0 Å². The largest absolute Gasteiger partial charge is 0.553 e. The molecule has 1 aliphatic rings. The van der Waals surface area contributed by atoms with E-state index in [0.717, 1.165) is 29.1 Å². The lowest BCUT2D eigenvalue weighted by Gasteiger charge is -2.17. The average Bonchev–Trinajstić information content (AvgIpc) is 2.16. The Morgan fingerprint density at radius 2 is 2.23 bits per heavy atom. The second-order valence-corrected chi connectivity index (χ2v) is 3.88. The van der Waals surface area contributed by atoms with Gasteiger partial charge in [-0.3, -0.25) is 0 Å². The minimum atomic E-state index is 0.778. The number of hydrogen-bond donors (Lipinski definition) is 0. The predicted octanol–water partition coefficient (Wildman–Crippen LogP) is 1.58. The van der Waals surface area contributed by atoms with Gasteiger partial charge in [0.25, 0.3) is 0 Å². The smallest absolute Gasteiger partial charge is 0.204 e. The van der Waals surface area contributed by atoms with Crippen LogP contribution in [0.2, 0.25) is 0 Å². The summed E-state index contributed by atoms with van der Waals surface area (Å²) in [6.07, 6.45) is 4.48. The van der Waals surface area contributed by atoms with Gasteiger partial charge in [0.1, 0.15) is 5.76 Å². The van der Waals surface area contributed by atoms with Crippen molar-refractivity contribution >= 4 is 16.2 Å². The van der Waals surface area contributed by atoms with Crippen molar-refractivity contribution in [2.45, 2.75) is 19.8 Å². The van der Waals surface area contributed by atoms with Crippen molar-refractivity contribution in [2.75, 3.05) is 0 Å². The van der Waals surface area contributed by atoms with Crippen LogP contribution in [-0.4, -0.2) is 10.5 Å².